The first-order valence-corrected chi connectivity index (χ1v) is 9.36. The van der Waals surface area contributed by atoms with Crippen LogP contribution >= 0.6 is 23.2 Å². The average molecular weight is 473 g/mol. The molecule has 0 saturated carbocycles. The number of carbonyl (C=O) groups is 1. The van der Waals surface area contributed by atoms with E-state index in [1.54, 1.807) is 6.07 Å². The van der Waals surface area contributed by atoms with E-state index in [2.05, 4.69) is 5.32 Å². The summed E-state index contributed by atoms with van der Waals surface area (Å²) in [7, 11) is 0. The number of nitro groups is 2. The lowest BCUT2D eigenvalue weighted by atomic mass is 10.1. The van der Waals surface area contributed by atoms with Crippen molar-refractivity contribution in [2.75, 3.05) is 5.32 Å². The van der Waals surface area contributed by atoms with Crippen molar-refractivity contribution in [1.82, 2.24) is 0 Å². The number of rotatable bonds is 6. The number of carbonyl (C=O) groups excluding carboxylic acids is 1. The molecule has 10 nitrogen and oxygen atoms in total. The number of amides is 1. The summed E-state index contributed by atoms with van der Waals surface area (Å²) in [5.41, 5.74) is -0.287. The summed E-state index contributed by atoms with van der Waals surface area (Å²) in [5.74, 6) is -0.391. The number of anilines is 1. The van der Waals surface area contributed by atoms with Gasteiger partial charge in [0.1, 0.15) is 23.2 Å². The highest BCUT2D eigenvalue weighted by Gasteiger charge is 2.16. The average Bonchev–Trinajstić information content (AvgIpc) is 3.21. The fourth-order valence-corrected chi connectivity index (χ4v) is 3.08. The molecule has 0 aliphatic rings. The number of hydrogen-bond donors (Lipinski definition) is 1. The van der Waals surface area contributed by atoms with Crippen LogP contribution in [0.25, 0.3) is 17.4 Å². The van der Waals surface area contributed by atoms with Crippen LogP contribution in [-0.2, 0) is 4.79 Å². The summed E-state index contributed by atoms with van der Waals surface area (Å²) in [6.45, 7) is 0. The molecule has 1 heterocycles. The summed E-state index contributed by atoms with van der Waals surface area (Å²) in [6.07, 6.45) is 1.18. The molecule has 0 aliphatic heterocycles. The Labute approximate surface area is 189 Å². The second-order valence-corrected chi connectivity index (χ2v) is 6.98. The van der Waals surface area contributed by atoms with Crippen LogP contribution in [0.4, 0.5) is 17.1 Å². The molecule has 160 valence electrons. The van der Waals surface area contributed by atoms with Crippen LogP contribution < -0.4 is 5.32 Å². The van der Waals surface area contributed by atoms with Gasteiger partial charge in [0, 0.05) is 35.9 Å². The maximum Gasteiger partial charge on any atom is 0.271 e. The SMILES string of the molecule is N#C/C(=C\c1ccc(-c2ccc([N+](=O)[O-])cc2Cl)o1)C(=O)Nc1ccc([N+](=O)[O-])cc1Cl. The molecular weight excluding hydrogens is 463 g/mol. The first kappa shape index (κ1) is 22.5. The molecule has 0 unspecified atom stereocenters. The summed E-state index contributed by atoms with van der Waals surface area (Å²) < 4.78 is 5.59. The topological polar surface area (TPSA) is 152 Å². The minimum Gasteiger partial charge on any atom is -0.457 e. The molecule has 12 heteroatoms. The molecular formula is C20H10Cl2N4O6. The third-order valence-corrected chi connectivity index (χ3v) is 4.74. The highest BCUT2D eigenvalue weighted by atomic mass is 35.5. The minimum absolute atomic E-state index is 0.0714. The number of hydrogen-bond acceptors (Lipinski definition) is 7. The molecule has 1 amide bonds. The van der Waals surface area contributed by atoms with E-state index in [9.17, 15) is 30.3 Å². The number of nitrogens with one attached hydrogen (secondary N) is 1. The number of furan rings is 1. The minimum atomic E-state index is -0.811. The molecule has 0 radical (unpaired) electrons. The zero-order valence-electron chi connectivity index (χ0n) is 15.7. The molecule has 0 bridgehead atoms. The highest BCUT2D eigenvalue weighted by molar-refractivity contribution is 6.34. The van der Waals surface area contributed by atoms with E-state index in [0.717, 1.165) is 12.1 Å². The second-order valence-electron chi connectivity index (χ2n) is 6.17. The fourth-order valence-electron chi connectivity index (χ4n) is 2.59. The van der Waals surface area contributed by atoms with Crippen molar-refractivity contribution >= 4 is 52.2 Å². The summed E-state index contributed by atoms with van der Waals surface area (Å²) in [6, 6.07) is 12.1. The van der Waals surface area contributed by atoms with Gasteiger partial charge in [-0.05, 0) is 24.3 Å². The zero-order valence-corrected chi connectivity index (χ0v) is 17.3. The standard InChI is InChI=1S/C20H10Cl2N4O6/c21-16-8-12(25(28)29)1-4-15(16)19-6-3-14(32-19)7-11(10-23)20(27)24-18-5-2-13(26(30)31)9-17(18)22/h1-9H,(H,24,27)/b11-7+. The van der Waals surface area contributed by atoms with Gasteiger partial charge in [0.15, 0.2) is 0 Å². The highest BCUT2D eigenvalue weighted by Crippen LogP contribution is 2.33. The summed E-state index contributed by atoms with van der Waals surface area (Å²) in [5, 5.41) is 33.4. The largest absolute Gasteiger partial charge is 0.457 e. The molecule has 1 aromatic heterocycles. The summed E-state index contributed by atoms with van der Waals surface area (Å²) >= 11 is 12.0. The van der Waals surface area contributed by atoms with Crippen molar-refractivity contribution in [3.8, 4) is 17.4 Å². The second kappa shape index (κ2) is 9.30. The number of non-ortho nitro benzene ring substituents is 2. The molecule has 32 heavy (non-hydrogen) atoms. The number of nitriles is 1. The van der Waals surface area contributed by atoms with Crippen molar-refractivity contribution in [3.05, 3.63) is 90.1 Å². The van der Waals surface area contributed by atoms with Gasteiger partial charge in [-0.2, -0.15) is 5.26 Å². The summed E-state index contributed by atoms with van der Waals surface area (Å²) in [4.78, 5) is 32.8. The molecule has 3 aromatic rings. The predicted octanol–water partition coefficient (Wildman–Crippen LogP) is 5.62. The Bertz CT molecular complexity index is 1330. The number of nitrogens with zero attached hydrogens (tertiary/aromatic N) is 3. The Kier molecular flexibility index (Phi) is 6.53. The molecule has 0 fully saturated rings. The van der Waals surface area contributed by atoms with Gasteiger partial charge in [-0.3, -0.25) is 25.0 Å². The monoisotopic (exact) mass is 472 g/mol. The van der Waals surface area contributed by atoms with Crippen LogP contribution in [0.2, 0.25) is 10.0 Å². The molecule has 3 rings (SSSR count). The van der Waals surface area contributed by atoms with Gasteiger partial charge in [-0.25, -0.2) is 0 Å². The molecule has 0 atom stereocenters. The first-order valence-electron chi connectivity index (χ1n) is 8.61. The third kappa shape index (κ3) is 4.92. The van der Waals surface area contributed by atoms with E-state index in [-0.39, 0.29) is 44.2 Å². The van der Waals surface area contributed by atoms with E-state index in [0.29, 0.717) is 5.56 Å². The van der Waals surface area contributed by atoms with Crippen LogP contribution in [0.5, 0.6) is 0 Å². The smallest absolute Gasteiger partial charge is 0.271 e. The maximum atomic E-state index is 12.4. The van der Waals surface area contributed by atoms with Crippen molar-refractivity contribution in [2.24, 2.45) is 0 Å². The van der Waals surface area contributed by atoms with Crippen LogP contribution in [0, 0.1) is 31.6 Å². The lowest BCUT2D eigenvalue weighted by Gasteiger charge is -2.06. The lowest BCUT2D eigenvalue weighted by molar-refractivity contribution is -0.385. The normalized spacial score (nSPS) is 11.0. The van der Waals surface area contributed by atoms with Crippen LogP contribution in [0.1, 0.15) is 5.76 Å². The lowest BCUT2D eigenvalue weighted by Crippen LogP contribution is -2.13. The Morgan fingerprint density at radius 2 is 1.62 bits per heavy atom. The van der Waals surface area contributed by atoms with E-state index < -0.39 is 15.8 Å². The predicted molar refractivity (Wildman–Crippen MR) is 116 cm³/mol. The maximum absolute atomic E-state index is 12.4. The van der Waals surface area contributed by atoms with Gasteiger partial charge >= 0.3 is 0 Å². The molecule has 0 saturated heterocycles. The van der Waals surface area contributed by atoms with Crippen molar-refractivity contribution < 1.29 is 19.1 Å². The van der Waals surface area contributed by atoms with E-state index >= 15 is 0 Å². The van der Waals surface area contributed by atoms with Crippen LogP contribution in [0.15, 0.2) is 58.5 Å². The molecule has 0 aliphatic carbocycles. The van der Waals surface area contributed by atoms with Gasteiger partial charge in [0.2, 0.25) is 0 Å². The van der Waals surface area contributed by atoms with Crippen molar-refractivity contribution in [3.63, 3.8) is 0 Å². The van der Waals surface area contributed by atoms with Gasteiger partial charge < -0.3 is 9.73 Å². The van der Waals surface area contributed by atoms with Crippen molar-refractivity contribution in [2.45, 2.75) is 0 Å². The van der Waals surface area contributed by atoms with E-state index in [4.69, 9.17) is 27.6 Å². The zero-order chi connectivity index (χ0) is 23.4. The number of nitro benzene ring substituents is 2. The van der Waals surface area contributed by atoms with Gasteiger partial charge in [0.25, 0.3) is 17.3 Å². The Hall–Kier alpha value is -4.20. The third-order valence-electron chi connectivity index (χ3n) is 4.12. The number of benzene rings is 2. The molecule has 2 aromatic carbocycles. The molecule has 1 N–H and O–H groups in total. The van der Waals surface area contributed by atoms with Crippen LogP contribution in [-0.4, -0.2) is 15.8 Å². The van der Waals surface area contributed by atoms with Gasteiger partial charge in [0.05, 0.1) is 25.6 Å². The van der Waals surface area contributed by atoms with Gasteiger partial charge in [-0.1, -0.05) is 23.2 Å². The first-order chi connectivity index (χ1) is 15.2. The Morgan fingerprint density at radius 1 is 1.00 bits per heavy atom. The Morgan fingerprint density at radius 3 is 2.19 bits per heavy atom. The van der Waals surface area contributed by atoms with Gasteiger partial charge in [-0.15, -0.1) is 0 Å². The van der Waals surface area contributed by atoms with Crippen LogP contribution in [0.3, 0.4) is 0 Å². The Balaban J connectivity index is 1.82. The van der Waals surface area contributed by atoms with E-state index in [1.807, 2.05) is 0 Å². The van der Waals surface area contributed by atoms with E-state index in [1.165, 1.54) is 42.5 Å². The fraction of sp³-hybridized carbons (Fsp3) is 0. The number of halogens is 2. The molecule has 0 spiro atoms. The quantitative estimate of drug-likeness (QED) is 0.211. The van der Waals surface area contributed by atoms with Crippen molar-refractivity contribution in [1.29, 1.82) is 5.26 Å².